The molecule has 1 amide bonds. The van der Waals surface area contributed by atoms with E-state index >= 15 is 0 Å². The fourth-order valence-corrected chi connectivity index (χ4v) is 3.09. The lowest BCUT2D eigenvalue weighted by molar-refractivity contribution is -0.123. The molecule has 5 nitrogen and oxygen atoms in total. The number of aliphatic hydroxyl groups excluding tert-OH is 1. The predicted molar refractivity (Wildman–Crippen MR) is 103 cm³/mol. The number of fused-ring (bicyclic) bond motifs is 1. The Morgan fingerprint density at radius 2 is 2.04 bits per heavy atom. The largest absolute Gasteiger partial charge is 0.482 e. The number of ether oxygens (including phenoxy) is 1. The minimum atomic E-state index is -0.803. The van der Waals surface area contributed by atoms with Crippen molar-refractivity contribution in [1.82, 2.24) is 9.88 Å². The molecule has 3 rings (SSSR count). The zero-order valence-corrected chi connectivity index (χ0v) is 15.6. The molecule has 0 saturated heterocycles. The van der Waals surface area contributed by atoms with Crippen LogP contribution >= 0.6 is 23.2 Å². The number of hydrogen-bond donors (Lipinski definition) is 2. The summed E-state index contributed by atoms with van der Waals surface area (Å²) in [5.41, 5.74) is 1.82. The molecular weight excluding hydrogens is 375 g/mol. The van der Waals surface area contributed by atoms with E-state index in [2.05, 4.69) is 5.32 Å². The molecule has 7 heteroatoms. The number of nitrogens with one attached hydrogen (secondary N) is 1. The standard InChI is InChI=1S/C19H18Cl2N2O3/c1-23-7-6-12-8-13(2-4-16(12)23)17(24)10-22-19(25)11-26-18-5-3-14(20)9-15(18)21/h2-9,17,24H,10-11H2,1H3,(H,22,25). The van der Waals surface area contributed by atoms with Gasteiger partial charge in [0.2, 0.25) is 0 Å². The summed E-state index contributed by atoms with van der Waals surface area (Å²) in [7, 11) is 1.96. The van der Waals surface area contributed by atoms with Crippen LogP contribution in [0.5, 0.6) is 5.75 Å². The van der Waals surface area contributed by atoms with Crippen LogP contribution in [0.15, 0.2) is 48.7 Å². The van der Waals surface area contributed by atoms with Gasteiger partial charge in [0.05, 0.1) is 11.1 Å². The third-order valence-corrected chi connectivity index (χ3v) is 4.57. The second kappa shape index (κ2) is 7.99. The zero-order chi connectivity index (χ0) is 18.7. The first kappa shape index (κ1) is 18.6. The highest BCUT2D eigenvalue weighted by molar-refractivity contribution is 6.35. The Morgan fingerprint density at radius 1 is 1.23 bits per heavy atom. The van der Waals surface area contributed by atoms with Gasteiger partial charge in [0.1, 0.15) is 5.75 Å². The van der Waals surface area contributed by atoms with Gasteiger partial charge in [-0.25, -0.2) is 0 Å². The molecule has 2 N–H and O–H groups in total. The van der Waals surface area contributed by atoms with Crippen molar-refractivity contribution in [1.29, 1.82) is 0 Å². The first-order valence-electron chi connectivity index (χ1n) is 8.01. The van der Waals surface area contributed by atoms with Gasteiger partial charge >= 0.3 is 0 Å². The van der Waals surface area contributed by atoms with Gasteiger partial charge in [-0.1, -0.05) is 29.3 Å². The summed E-state index contributed by atoms with van der Waals surface area (Å²) in [6.45, 7) is -0.110. The van der Waals surface area contributed by atoms with Gasteiger partial charge in [-0.15, -0.1) is 0 Å². The number of aromatic nitrogens is 1. The minimum Gasteiger partial charge on any atom is -0.482 e. The van der Waals surface area contributed by atoms with Gasteiger partial charge in [0.25, 0.3) is 5.91 Å². The highest BCUT2D eigenvalue weighted by Crippen LogP contribution is 2.27. The second-order valence-corrected chi connectivity index (χ2v) is 6.77. The van der Waals surface area contributed by atoms with Crippen LogP contribution in [0.2, 0.25) is 10.0 Å². The van der Waals surface area contributed by atoms with Gasteiger partial charge in [0, 0.05) is 30.3 Å². The number of benzene rings is 2. The number of carbonyl (C=O) groups excluding carboxylic acids is 1. The SMILES string of the molecule is Cn1ccc2cc(C(O)CNC(=O)COc3ccc(Cl)cc3Cl)ccc21. The van der Waals surface area contributed by atoms with Gasteiger partial charge in [-0.05, 0) is 47.3 Å². The Balaban J connectivity index is 1.52. The maximum Gasteiger partial charge on any atom is 0.258 e. The molecule has 0 bridgehead atoms. The van der Waals surface area contributed by atoms with Gasteiger partial charge in [-0.2, -0.15) is 0 Å². The molecule has 26 heavy (non-hydrogen) atoms. The molecule has 0 fully saturated rings. The molecule has 1 atom stereocenters. The Morgan fingerprint density at radius 3 is 2.81 bits per heavy atom. The van der Waals surface area contributed by atoms with Crippen LogP contribution in [0.4, 0.5) is 0 Å². The predicted octanol–water partition coefficient (Wildman–Crippen LogP) is 3.71. The Hall–Kier alpha value is -2.21. The number of rotatable bonds is 6. The average molecular weight is 393 g/mol. The summed E-state index contributed by atoms with van der Waals surface area (Å²) < 4.78 is 7.37. The average Bonchev–Trinajstić information content (AvgIpc) is 2.99. The second-order valence-electron chi connectivity index (χ2n) is 5.93. The molecule has 2 aromatic carbocycles. The van der Waals surface area contributed by atoms with Gasteiger partial charge < -0.3 is 19.7 Å². The highest BCUT2D eigenvalue weighted by atomic mass is 35.5. The van der Waals surface area contributed by atoms with Crippen molar-refractivity contribution in [3.05, 3.63) is 64.3 Å². The van der Waals surface area contributed by atoms with Crippen molar-refractivity contribution >= 4 is 40.0 Å². The molecule has 1 aromatic heterocycles. The van der Waals surface area contributed by atoms with Gasteiger partial charge in [-0.3, -0.25) is 4.79 Å². The van der Waals surface area contributed by atoms with Crippen molar-refractivity contribution in [3.8, 4) is 5.75 Å². The summed E-state index contributed by atoms with van der Waals surface area (Å²) in [6, 6.07) is 12.5. The number of aryl methyl sites for hydroxylation is 1. The maximum absolute atomic E-state index is 11.9. The van der Waals surface area contributed by atoms with E-state index in [1.54, 1.807) is 18.2 Å². The first-order chi connectivity index (χ1) is 12.4. The molecule has 0 saturated carbocycles. The third kappa shape index (κ3) is 4.30. The molecule has 0 aliphatic heterocycles. The smallest absolute Gasteiger partial charge is 0.258 e. The van der Waals surface area contributed by atoms with E-state index in [0.717, 1.165) is 16.5 Å². The van der Waals surface area contributed by atoms with Crippen LogP contribution in [0, 0.1) is 0 Å². The number of amides is 1. The lowest BCUT2D eigenvalue weighted by atomic mass is 10.1. The number of nitrogens with zero attached hydrogens (tertiary/aromatic N) is 1. The van der Waals surface area contributed by atoms with Crippen molar-refractivity contribution in [2.45, 2.75) is 6.10 Å². The third-order valence-electron chi connectivity index (χ3n) is 4.04. The van der Waals surface area contributed by atoms with Crippen LogP contribution in [0.3, 0.4) is 0 Å². The van der Waals surface area contributed by atoms with Crippen LogP contribution in [-0.4, -0.2) is 28.7 Å². The molecule has 0 aliphatic carbocycles. The number of halogens is 2. The Labute approximate surface area is 161 Å². The fourth-order valence-electron chi connectivity index (χ4n) is 2.62. The maximum atomic E-state index is 11.9. The van der Waals surface area contributed by atoms with Crippen molar-refractivity contribution in [2.24, 2.45) is 7.05 Å². The van der Waals surface area contributed by atoms with E-state index < -0.39 is 6.10 Å². The van der Waals surface area contributed by atoms with Crippen molar-refractivity contribution in [3.63, 3.8) is 0 Å². The van der Waals surface area contributed by atoms with Crippen LogP contribution in [0.25, 0.3) is 10.9 Å². The van der Waals surface area contributed by atoms with Crippen molar-refractivity contribution < 1.29 is 14.6 Å². The van der Waals surface area contributed by atoms with E-state index in [-0.39, 0.29) is 19.1 Å². The van der Waals surface area contributed by atoms with E-state index in [9.17, 15) is 9.90 Å². The molecule has 0 spiro atoms. The molecule has 3 aromatic rings. The van der Waals surface area contributed by atoms with Crippen LogP contribution < -0.4 is 10.1 Å². The summed E-state index contributed by atoms with van der Waals surface area (Å²) in [5, 5.41) is 14.8. The summed E-state index contributed by atoms with van der Waals surface area (Å²) >= 11 is 11.8. The number of hydrogen-bond acceptors (Lipinski definition) is 3. The zero-order valence-electron chi connectivity index (χ0n) is 14.1. The highest BCUT2D eigenvalue weighted by Gasteiger charge is 2.12. The lowest BCUT2D eigenvalue weighted by Crippen LogP contribution is -2.32. The summed E-state index contributed by atoms with van der Waals surface area (Å²) in [4.78, 5) is 11.9. The van der Waals surface area contributed by atoms with E-state index in [1.165, 1.54) is 0 Å². The monoisotopic (exact) mass is 392 g/mol. The fraction of sp³-hybridized carbons (Fsp3) is 0.211. The van der Waals surface area contributed by atoms with Crippen LogP contribution in [-0.2, 0) is 11.8 Å². The summed E-state index contributed by atoms with van der Waals surface area (Å²) in [6.07, 6.45) is 1.16. The Bertz CT molecular complexity index is 940. The summed E-state index contributed by atoms with van der Waals surface area (Å²) in [5.74, 6) is 0.0251. The number of aliphatic hydroxyl groups is 1. The molecular formula is C19H18Cl2N2O3. The van der Waals surface area contributed by atoms with Gasteiger partial charge in [0.15, 0.2) is 6.61 Å². The topological polar surface area (TPSA) is 63.5 Å². The molecule has 0 radical (unpaired) electrons. The number of carbonyl (C=O) groups is 1. The first-order valence-corrected chi connectivity index (χ1v) is 8.77. The normalized spacial score (nSPS) is 12.2. The quantitative estimate of drug-likeness (QED) is 0.671. The van der Waals surface area contributed by atoms with Crippen LogP contribution in [0.1, 0.15) is 11.7 Å². The molecule has 136 valence electrons. The Kier molecular flexibility index (Phi) is 5.71. The molecule has 1 unspecified atom stereocenters. The lowest BCUT2D eigenvalue weighted by Gasteiger charge is -2.13. The van der Waals surface area contributed by atoms with E-state index in [0.29, 0.717) is 15.8 Å². The van der Waals surface area contributed by atoms with E-state index in [4.69, 9.17) is 27.9 Å². The minimum absolute atomic E-state index is 0.0921. The van der Waals surface area contributed by atoms with E-state index in [1.807, 2.05) is 42.1 Å². The molecule has 1 heterocycles. The molecule has 0 aliphatic rings. The van der Waals surface area contributed by atoms with Crippen molar-refractivity contribution in [2.75, 3.05) is 13.2 Å².